The van der Waals surface area contributed by atoms with Crippen molar-refractivity contribution >= 4 is 118 Å². The first-order chi connectivity index (χ1) is 68.0. The van der Waals surface area contributed by atoms with E-state index >= 15 is 0 Å². The summed E-state index contributed by atoms with van der Waals surface area (Å²) in [5, 5.41) is 97.8. The lowest BCUT2D eigenvalue weighted by molar-refractivity contribution is 0.0177. The van der Waals surface area contributed by atoms with Gasteiger partial charge in [0.1, 0.15) is 92.5 Å². The minimum atomic E-state index is -1.40. The molecule has 10 N–H and O–H groups in total. The van der Waals surface area contributed by atoms with Crippen LogP contribution in [0.15, 0.2) is 159 Å². The number of likely N-dealkylation sites (tertiary alicyclic amines) is 3. The van der Waals surface area contributed by atoms with E-state index < -0.39 is 23.9 Å². The number of anilines is 9. The fraction of sp³-hybridized carbons (Fsp3) is 0.414. The maximum absolute atomic E-state index is 12.4. The fourth-order valence-corrected chi connectivity index (χ4v) is 15.2. The molecule has 4 aromatic carbocycles. The second-order valence-corrected chi connectivity index (χ2v) is 37.5. The van der Waals surface area contributed by atoms with E-state index in [0.717, 1.165) is 121 Å². The highest BCUT2D eigenvalue weighted by molar-refractivity contribution is 6.58. The summed E-state index contributed by atoms with van der Waals surface area (Å²) in [6.45, 7) is 24.2. The SMILES string of the molecule is CC(C)(C)OC(=O)N1CCC(CNc2cc(Cl)nnc2Cl)CC1.COc1ccc(-c2nnc(Cl)cc2NCC2CCN(C(=O)OC(C)(C)C)CC2)cc1.COc1ccc(-c2nnc(Nc3cnc(C#N)cn3)cc2NCC2CCCCC2)cc1.COc1ccc(-c2nnc(Nc3cnc(C#N)cn3)cc2NCC2CCN(C(=O)OC(C)(C)C)CC2)cc1.COc1ccc(B(O)O)cc1.N#Cc1cnc(N)cn1. The number of benzene rings is 4. The summed E-state index contributed by atoms with van der Waals surface area (Å²) < 4.78 is 37.0. The van der Waals surface area contributed by atoms with E-state index in [-0.39, 0.29) is 35.4 Å². The number of ether oxygens (including phenoxy) is 7. The highest BCUT2D eigenvalue weighted by Gasteiger charge is 2.32. The Labute approximate surface area is 842 Å². The lowest BCUT2D eigenvalue weighted by Crippen LogP contribution is -2.42. The lowest BCUT2D eigenvalue weighted by Gasteiger charge is -2.33. The summed E-state index contributed by atoms with van der Waals surface area (Å²) in [6, 6.07) is 42.7. The summed E-state index contributed by atoms with van der Waals surface area (Å²) >= 11 is 17.9. The molecule has 3 saturated heterocycles. The summed E-state index contributed by atoms with van der Waals surface area (Å²) in [5.41, 5.74) is 13.3. The topological polar surface area (TPSA) is 516 Å². The third-order valence-electron chi connectivity index (χ3n) is 22.3. The van der Waals surface area contributed by atoms with Crippen molar-refractivity contribution in [1.29, 1.82) is 15.8 Å². The number of amides is 3. The minimum absolute atomic E-state index is 0.233. The quantitative estimate of drug-likeness (QED) is 0.0200. The van der Waals surface area contributed by atoms with Crippen LogP contribution in [-0.2, 0) is 14.2 Å². The predicted octanol–water partition coefficient (Wildman–Crippen LogP) is 17.2. The standard InChI is InChI=1S/C27H32N8O3.C23H25N7O.C22H29ClN4O3.C15H22Cl2N4O2.C7H9BO3.C5H4N4/c1-27(2,3)38-26(36)35-11-9-18(10-12-35)15-30-22-13-23(32-24-17-29-20(14-28)16-31-24)33-34-25(22)19-5-7-21(37-4)8-6-19;1-31-19-9-7-17(8-10-19)23-20(26-13-16-5-3-2-4-6-16)11-21(29-30-23)28-22-15-25-18(12-24)14-27-22;1-22(2,3)30-21(28)27-11-9-15(10-12-27)14-24-18-13-19(23)25-26-20(18)16-5-7-17(29-4)8-6-16;1-15(2,3)23-14(22)21-6-4-10(5-7-21)9-18-11-8-12(16)19-20-13(11)17;1-11-7-4-2-6(3-5-7)8(9)10;6-1-4-2-9-5(7)3-8-4/h5-8,13,16-18H,9-12,15H2,1-4H3,(H2,30,31,32,33);7-11,14-16H,2-6,13H2,1H3,(H2,26,27,28,29);5-8,13,15H,9-12,14H2,1-4H3,(H,24,25);8,10H,4-7,9H2,1-3H3,(H,18,19);2-5,9-10H,1H3;2-3H,(H2,7,9). The molecule has 7 aromatic heterocycles. The van der Waals surface area contributed by atoms with E-state index in [1.54, 1.807) is 79.5 Å². The third-order valence-corrected chi connectivity index (χ3v) is 22.9. The van der Waals surface area contributed by atoms with Crippen LogP contribution in [0.4, 0.5) is 66.2 Å². The Balaban J connectivity index is 0.000000184. The zero-order valence-corrected chi connectivity index (χ0v) is 84.1. The van der Waals surface area contributed by atoms with Crippen LogP contribution in [0.1, 0.15) is 150 Å². The Morgan fingerprint density at radius 3 is 1.00 bits per heavy atom. The van der Waals surface area contributed by atoms with Gasteiger partial charge in [0.25, 0.3) is 0 Å². The van der Waals surface area contributed by atoms with Gasteiger partial charge < -0.3 is 95.5 Å². The number of aromatic nitrogens is 14. The summed E-state index contributed by atoms with van der Waals surface area (Å²) in [7, 11) is 5.07. The molecule has 3 amide bonds. The molecule has 0 radical (unpaired) electrons. The van der Waals surface area contributed by atoms with Gasteiger partial charge >= 0.3 is 25.4 Å². The number of nitrogens with two attached hydrogens (primary N) is 1. The van der Waals surface area contributed by atoms with Gasteiger partial charge in [-0.3, -0.25) is 0 Å². The maximum Gasteiger partial charge on any atom is 0.488 e. The highest BCUT2D eigenvalue weighted by Crippen LogP contribution is 2.36. The van der Waals surface area contributed by atoms with Gasteiger partial charge in [-0.2, -0.15) is 15.8 Å². The number of methoxy groups -OCH3 is 4. The number of rotatable bonds is 24. The second kappa shape index (κ2) is 54.2. The molecule has 1 saturated carbocycles. The number of nitrogens with zero attached hydrogens (tertiary/aromatic N) is 20. The smallest absolute Gasteiger partial charge is 0.488 e. The van der Waals surface area contributed by atoms with Crippen LogP contribution in [0.5, 0.6) is 23.0 Å². The molecule has 0 atom stereocenters. The van der Waals surface area contributed by atoms with E-state index in [0.29, 0.717) is 137 Å². The molecule has 1 aliphatic carbocycles. The molecule has 43 heteroatoms. The normalized spacial score (nSPS) is 13.8. The van der Waals surface area contributed by atoms with Crippen molar-refractivity contribution in [3.63, 3.8) is 0 Å². The molecule has 0 bridgehead atoms. The first-order valence-corrected chi connectivity index (χ1v) is 47.4. The molecule has 748 valence electrons. The number of piperidine rings is 3. The van der Waals surface area contributed by atoms with Gasteiger partial charge in [-0.15, -0.1) is 40.8 Å². The van der Waals surface area contributed by atoms with Crippen molar-refractivity contribution in [3.8, 4) is 75.0 Å². The van der Waals surface area contributed by atoms with Crippen LogP contribution in [-0.4, -0.2) is 232 Å². The molecule has 10 heterocycles. The van der Waals surface area contributed by atoms with Crippen LogP contribution in [0.3, 0.4) is 0 Å². The van der Waals surface area contributed by atoms with Crippen LogP contribution < -0.4 is 62.0 Å². The molecule has 4 fully saturated rings. The van der Waals surface area contributed by atoms with Crippen LogP contribution >= 0.6 is 34.8 Å². The summed E-state index contributed by atoms with van der Waals surface area (Å²) in [6.07, 6.45) is 19.6. The van der Waals surface area contributed by atoms with Gasteiger partial charge in [0.05, 0.1) is 88.4 Å². The van der Waals surface area contributed by atoms with Gasteiger partial charge in [-0.1, -0.05) is 66.2 Å². The van der Waals surface area contributed by atoms with Gasteiger partial charge in [0.2, 0.25) is 0 Å². The van der Waals surface area contributed by atoms with Gasteiger partial charge in [-0.05, 0) is 228 Å². The van der Waals surface area contributed by atoms with Crippen molar-refractivity contribution in [2.45, 2.75) is 150 Å². The maximum atomic E-state index is 12.4. The minimum Gasteiger partial charge on any atom is -0.497 e. The number of nitriles is 3. The number of carbonyl (C=O) groups excluding carboxylic acids is 3. The van der Waals surface area contributed by atoms with Crippen LogP contribution in [0, 0.1) is 57.7 Å². The number of nitrogens with one attached hydrogen (secondary N) is 6. The van der Waals surface area contributed by atoms with Crippen molar-refractivity contribution in [1.82, 2.24) is 85.4 Å². The van der Waals surface area contributed by atoms with E-state index in [4.69, 9.17) is 99.5 Å². The van der Waals surface area contributed by atoms with Gasteiger partial charge in [-0.25, -0.2) is 44.3 Å². The molecule has 15 rings (SSSR count). The zero-order chi connectivity index (χ0) is 102. The molecular formula is C99H121BCl3N27O12. The Hall–Kier alpha value is -14.6. The average molecular weight is 2000 g/mol. The lowest BCUT2D eigenvalue weighted by atomic mass is 9.80. The average Bonchev–Trinajstić information content (AvgIpc) is 0.811. The fourth-order valence-electron chi connectivity index (χ4n) is 14.7. The third kappa shape index (κ3) is 36.5. The number of nitrogen functional groups attached to an aromatic ring is 1. The molecule has 142 heavy (non-hydrogen) atoms. The second-order valence-electron chi connectivity index (χ2n) is 36.4. The predicted molar refractivity (Wildman–Crippen MR) is 545 cm³/mol. The molecule has 0 unspecified atom stereocenters. The van der Waals surface area contributed by atoms with Crippen molar-refractivity contribution in [2.24, 2.45) is 23.7 Å². The van der Waals surface area contributed by atoms with Crippen LogP contribution in [0.25, 0.3) is 33.8 Å². The largest absolute Gasteiger partial charge is 0.497 e. The highest BCUT2D eigenvalue weighted by atomic mass is 35.5. The Kier molecular flexibility index (Phi) is 41.8. The van der Waals surface area contributed by atoms with E-state index in [2.05, 4.69) is 103 Å². The molecule has 39 nitrogen and oxygen atoms in total. The van der Waals surface area contributed by atoms with Crippen molar-refractivity contribution in [2.75, 3.05) is 132 Å². The van der Waals surface area contributed by atoms with Crippen LogP contribution in [0.2, 0.25) is 15.5 Å². The monoisotopic (exact) mass is 2000 g/mol. The molecule has 4 aliphatic rings. The van der Waals surface area contributed by atoms with Gasteiger partial charge in [0, 0.05) is 106 Å². The summed E-state index contributed by atoms with van der Waals surface area (Å²) in [5.74, 6) is 7.33. The Morgan fingerprint density at radius 2 is 0.690 bits per heavy atom. The number of hydrogen-bond donors (Lipinski definition) is 9. The Bertz CT molecular complexity index is 5960. The molecule has 11 aromatic rings. The van der Waals surface area contributed by atoms with Crippen molar-refractivity contribution in [3.05, 3.63) is 191 Å². The zero-order valence-electron chi connectivity index (χ0n) is 81.9. The number of hydrogen-bond acceptors (Lipinski definition) is 36. The van der Waals surface area contributed by atoms with E-state index in [1.807, 2.05) is 165 Å². The molecular weight excluding hydrogens is 1880 g/mol. The Morgan fingerprint density at radius 1 is 0.387 bits per heavy atom. The van der Waals surface area contributed by atoms with Crippen molar-refractivity contribution < 1.29 is 57.6 Å². The van der Waals surface area contributed by atoms with E-state index in [9.17, 15) is 14.4 Å². The first-order valence-electron chi connectivity index (χ1n) is 46.3. The summed E-state index contributed by atoms with van der Waals surface area (Å²) in [4.78, 5) is 65.7. The molecule has 0 spiro atoms. The first kappa shape index (κ1) is 109. The number of halogens is 3. The number of carbonyl (C=O) groups is 3. The van der Waals surface area contributed by atoms with Gasteiger partial charge in [0.15, 0.2) is 44.2 Å². The molecule has 3 aliphatic heterocycles. The van der Waals surface area contributed by atoms with E-state index in [1.165, 1.54) is 69.3 Å².